The maximum atomic E-state index is 12.0. The van der Waals surface area contributed by atoms with Crippen molar-refractivity contribution in [3.8, 4) is 11.5 Å². The van der Waals surface area contributed by atoms with E-state index in [2.05, 4.69) is 6.92 Å². The third-order valence-corrected chi connectivity index (χ3v) is 7.43. The van der Waals surface area contributed by atoms with Gasteiger partial charge in [-0.2, -0.15) is 0 Å². The van der Waals surface area contributed by atoms with Crippen LogP contribution >= 0.6 is 0 Å². The molecule has 0 radical (unpaired) electrons. The summed E-state index contributed by atoms with van der Waals surface area (Å²) in [6.45, 7) is 2.18. The van der Waals surface area contributed by atoms with Gasteiger partial charge in [0.05, 0.1) is 9.79 Å². The molecule has 184 valence electrons. The van der Waals surface area contributed by atoms with Crippen molar-refractivity contribution in [2.75, 3.05) is 0 Å². The SMILES string of the molecule is CCCCCCCCCCCCc1c(Oc2ccccc2)ccc(S(=O)(=O)[O-])c1S(=O)(=O)[O-].[Na+].[Na+]. The van der Waals surface area contributed by atoms with Gasteiger partial charge in [0.25, 0.3) is 0 Å². The van der Waals surface area contributed by atoms with E-state index < -0.39 is 30.0 Å². The molecule has 0 aromatic heterocycles. The molecule has 0 fully saturated rings. The average Bonchev–Trinajstić information content (AvgIpc) is 2.74. The third kappa shape index (κ3) is 12.4. The molecule has 0 amide bonds. The van der Waals surface area contributed by atoms with Gasteiger partial charge in [-0.05, 0) is 37.1 Å². The monoisotopic (exact) mass is 542 g/mol. The van der Waals surface area contributed by atoms with Crippen LogP contribution in [0.4, 0.5) is 0 Å². The van der Waals surface area contributed by atoms with Gasteiger partial charge in [0, 0.05) is 5.56 Å². The quantitative estimate of drug-likeness (QED) is 0.173. The maximum absolute atomic E-state index is 12.0. The van der Waals surface area contributed by atoms with Crippen LogP contribution in [0, 0.1) is 0 Å². The Morgan fingerprint density at radius 3 is 1.69 bits per heavy atom. The van der Waals surface area contributed by atoms with Crippen molar-refractivity contribution in [2.45, 2.75) is 87.3 Å². The summed E-state index contributed by atoms with van der Waals surface area (Å²) in [4.78, 5) is -2.03. The van der Waals surface area contributed by atoms with Crippen molar-refractivity contribution in [3.05, 3.63) is 48.0 Å². The van der Waals surface area contributed by atoms with Crippen molar-refractivity contribution < 1.29 is 89.8 Å². The number of para-hydroxylation sites is 1. The third-order valence-electron chi connectivity index (χ3n) is 5.45. The normalized spacial score (nSPS) is 11.4. The van der Waals surface area contributed by atoms with Gasteiger partial charge in [0.1, 0.15) is 31.7 Å². The molecule has 0 atom stereocenters. The Kier molecular flexibility index (Phi) is 17.6. The van der Waals surface area contributed by atoms with Gasteiger partial charge in [0.15, 0.2) is 0 Å². The first-order valence-electron chi connectivity index (χ1n) is 11.4. The molecular formula is C24H32Na2O7S2. The zero-order valence-electron chi connectivity index (χ0n) is 21.0. The molecule has 0 spiro atoms. The second-order valence-electron chi connectivity index (χ2n) is 8.12. The van der Waals surface area contributed by atoms with Crippen LogP contribution in [0.1, 0.15) is 76.7 Å². The van der Waals surface area contributed by atoms with Crippen LogP contribution in [0.2, 0.25) is 0 Å². The minimum absolute atomic E-state index is 0. The number of unbranched alkanes of at least 4 members (excludes halogenated alkanes) is 9. The van der Waals surface area contributed by atoms with Crippen LogP contribution in [0.25, 0.3) is 0 Å². The number of ether oxygens (including phenoxy) is 1. The Labute approximate surface area is 254 Å². The standard InChI is InChI=1S/C24H34O7S2.2Na/c1-2-3-4-5-6-7-8-9-10-14-17-21-22(31-20-15-12-11-13-16-20)18-19-23(32(25,26)27)24(21)33(28,29)30;;/h11-13,15-16,18-19H,2-10,14,17H2,1H3,(H,25,26,27)(H,28,29,30);;/q;2*+1/p-2. The van der Waals surface area contributed by atoms with Crippen molar-refractivity contribution in [1.29, 1.82) is 0 Å². The van der Waals surface area contributed by atoms with Gasteiger partial charge >= 0.3 is 59.1 Å². The number of benzene rings is 2. The van der Waals surface area contributed by atoms with Crippen LogP contribution in [0.5, 0.6) is 11.5 Å². The first-order valence-corrected chi connectivity index (χ1v) is 14.3. The molecular weight excluding hydrogens is 510 g/mol. The van der Waals surface area contributed by atoms with E-state index in [0.29, 0.717) is 12.2 Å². The Balaban J connectivity index is 0.00000578. The molecule has 2 aromatic carbocycles. The zero-order valence-corrected chi connectivity index (χ0v) is 26.6. The zero-order chi connectivity index (χ0) is 24.3. The van der Waals surface area contributed by atoms with E-state index >= 15 is 0 Å². The van der Waals surface area contributed by atoms with Crippen LogP contribution in [0.3, 0.4) is 0 Å². The molecule has 11 heteroatoms. The topological polar surface area (TPSA) is 124 Å². The second-order valence-corrected chi connectivity index (χ2v) is 10.8. The summed E-state index contributed by atoms with van der Waals surface area (Å²) in [5.74, 6) is 0.452. The minimum atomic E-state index is -5.23. The van der Waals surface area contributed by atoms with E-state index in [4.69, 9.17) is 4.74 Å². The van der Waals surface area contributed by atoms with Crippen LogP contribution in [-0.4, -0.2) is 25.9 Å². The summed E-state index contributed by atoms with van der Waals surface area (Å²) >= 11 is 0. The van der Waals surface area contributed by atoms with Crippen LogP contribution in [0.15, 0.2) is 52.3 Å². The summed E-state index contributed by atoms with van der Waals surface area (Å²) in [6, 6.07) is 10.6. The van der Waals surface area contributed by atoms with Crippen molar-refractivity contribution >= 4 is 20.2 Å². The fraction of sp³-hybridized carbons (Fsp3) is 0.500. The molecule has 0 aliphatic rings. The fourth-order valence-electron chi connectivity index (χ4n) is 3.80. The van der Waals surface area contributed by atoms with Crippen LogP contribution < -0.4 is 63.9 Å². The van der Waals surface area contributed by atoms with Gasteiger partial charge in [-0.1, -0.05) is 82.9 Å². The van der Waals surface area contributed by atoms with E-state index in [1.807, 2.05) is 0 Å². The van der Waals surface area contributed by atoms with Crippen molar-refractivity contribution in [3.63, 3.8) is 0 Å². The van der Waals surface area contributed by atoms with Gasteiger partial charge < -0.3 is 13.8 Å². The Bertz CT molecular complexity index is 1090. The van der Waals surface area contributed by atoms with Gasteiger partial charge in [-0.15, -0.1) is 0 Å². The van der Waals surface area contributed by atoms with E-state index in [0.717, 1.165) is 31.7 Å². The van der Waals surface area contributed by atoms with Gasteiger partial charge in [0.2, 0.25) is 0 Å². The van der Waals surface area contributed by atoms with E-state index in [9.17, 15) is 25.9 Å². The number of rotatable bonds is 15. The Morgan fingerprint density at radius 2 is 1.20 bits per heavy atom. The maximum Gasteiger partial charge on any atom is 1.00 e. The Morgan fingerprint density at radius 1 is 0.686 bits per heavy atom. The molecule has 0 aliphatic carbocycles. The molecule has 0 heterocycles. The molecule has 7 nitrogen and oxygen atoms in total. The molecule has 0 saturated carbocycles. The van der Waals surface area contributed by atoms with Crippen molar-refractivity contribution in [1.82, 2.24) is 0 Å². The molecule has 0 saturated heterocycles. The summed E-state index contributed by atoms with van der Waals surface area (Å²) in [6.07, 6.45) is 10.7. The smallest absolute Gasteiger partial charge is 0.744 e. The molecule has 2 rings (SSSR count). The molecule has 35 heavy (non-hydrogen) atoms. The predicted octanol–water partition coefficient (Wildman–Crippen LogP) is -0.241. The largest absolute Gasteiger partial charge is 1.00 e. The first-order chi connectivity index (χ1) is 15.6. The summed E-state index contributed by atoms with van der Waals surface area (Å²) in [5, 5.41) is 0. The minimum Gasteiger partial charge on any atom is -0.744 e. The van der Waals surface area contributed by atoms with Gasteiger partial charge in [-0.25, -0.2) is 16.8 Å². The molecule has 0 N–H and O–H groups in total. The molecule has 2 aromatic rings. The molecule has 0 bridgehead atoms. The Hall–Kier alpha value is 0.0600. The van der Waals surface area contributed by atoms with E-state index in [1.165, 1.54) is 38.2 Å². The van der Waals surface area contributed by atoms with E-state index in [1.54, 1.807) is 30.3 Å². The number of hydrogen-bond donors (Lipinski definition) is 0. The summed E-state index contributed by atoms with van der Waals surface area (Å²) < 4.78 is 76.7. The molecule has 0 aliphatic heterocycles. The summed E-state index contributed by atoms with van der Waals surface area (Å²) in [5.41, 5.74) is -0.0645. The van der Waals surface area contributed by atoms with Crippen molar-refractivity contribution in [2.24, 2.45) is 0 Å². The predicted molar refractivity (Wildman–Crippen MR) is 124 cm³/mol. The first kappa shape index (κ1) is 35.1. The van der Waals surface area contributed by atoms with Crippen LogP contribution in [-0.2, 0) is 26.7 Å². The molecule has 0 unspecified atom stereocenters. The van der Waals surface area contributed by atoms with Gasteiger partial charge in [-0.3, -0.25) is 0 Å². The average molecular weight is 543 g/mol. The summed E-state index contributed by atoms with van der Waals surface area (Å²) in [7, 11) is -10.4. The second kappa shape index (κ2) is 17.5. The van der Waals surface area contributed by atoms with E-state index in [-0.39, 0.29) is 76.8 Å². The fourth-order valence-corrected chi connectivity index (χ4v) is 5.81. The number of hydrogen-bond acceptors (Lipinski definition) is 7.